The number of furan rings is 1. The van der Waals surface area contributed by atoms with E-state index in [1.807, 2.05) is 39.0 Å². The average molecular weight is 393 g/mol. The number of benzene rings is 1. The minimum Gasteiger partial charge on any atom is -0.461 e. The molecule has 0 saturated heterocycles. The number of hydrogen-bond donors (Lipinski definition) is 1. The minimum atomic E-state index is -0.658. The van der Waals surface area contributed by atoms with Crippen LogP contribution in [0, 0.1) is 5.41 Å². The van der Waals surface area contributed by atoms with Gasteiger partial charge in [-0.3, -0.25) is 9.59 Å². The molecule has 150 valence electrons. The molecule has 0 saturated carbocycles. The summed E-state index contributed by atoms with van der Waals surface area (Å²) in [4.78, 5) is 27.6. The molecule has 3 aromatic rings. The molecule has 1 aliphatic rings. The summed E-state index contributed by atoms with van der Waals surface area (Å²) in [5.41, 5.74) is 1.75. The lowest BCUT2D eigenvalue weighted by Gasteiger charge is -2.31. The third kappa shape index (κ3) is 3.81. The van der Waals surface area contributed by atoms with Crippen molar-refractivity contribution >= 4 is 11.8 Å². The molecule has 2 amide bonds. The van der Waals surface area contributed by atoms with Crippen LogP contribution in [0.1, 0.15) is 48.4 Å². The van der Waals surface area contributed by atoms with E-state index in [2.05, 4.69) is 10.5 Å². The maximum atomic E-state index is 13.1. The van der Waals surface area contributed by atoms with Gasteiger partial charge in [-0.2, -0.15) is 0 Å². The molecule has 0 bridgehead atoms. The van der Waals surface area contributed by atoms with Crippen LogP contribution >= 0.6 is 0 Å². The first-order valence-corrected chi connectivity index (χ1v) is 9.50. The Morgan fingerprint density at radius 2 is 1.97 bits per heavy atom. The number of hydrogen-bond acceptors (Lipinski definition) is 5. The minimum absolute atomic E-state index is 0.114. The molecular weight excluding hydrogens is 370 g/mol. The molecule has 4 rings (SSSR count). The van der Waals surface area contributed by atoms with Gasteiger partial charge in [0.05, 0.1) is 12.8 Å². The standard InChI is InChI=1S/C22H23N3O4/c1-22(2,3)13-25-19(15-7-4-5-8-16(15)21(25)27)20(26)23-12-14-11-18(29-24-14)17-9-6-10-28-17/h4-11,19H,12-13H2,1-3H3,(H,23,26). The Morgan fingerprint density at radius 3 is 2.69 bits per heavy atom. The molecule has 1 aliphatic heterocycles. The van der Waals surface area contributed by atoms with E-state index in [-0.39, 0.29) is 23.8 Å². The number of amides is 2. The van der Waals surface area contributed by atoms with E-state index < -0.39 is 6.04 Å². The topological polar surface area (TPSA) is 88.6 Å². The first-order chi connectivity index (χ1) is 13.8. The summed E-state index contributed by atoms with van der Waals surface area (Å²) in [6, 6.07) is 11.9. The van der Waals surface area contributed by atoms with Crippen LogP contribution in [-0.4, -0.2) is 28.4 Å². The largest absolute Gasteiger partial charge is 0.461 e. The van der Waals surface area contributed by atoms with Gasteiger partial charge < -0.3 is 19.2 Å². The van der Waals surface area contributed by atoms with Gasteiger partial charge in [-0.1, -0.05) is 44.1 Å². The third-order valence-corrected chi connectivity index (χ3v) is 4.72. The highest BCUT2D eigenvalue weighted by molar-refractivity contribution is 6.04. The van der Waals surface area contributed by atoms with Crippen LogP contribution in [0.15, 0.2) is 57.7 Å². The van der Waals surface area contributed by atoms with Gasteiger partial charge >= 0.3 is 0 Å². The van der Waals surface area contributed by atoms with E-state index in [9.17, 15) is 9.59 Å². The first kappa shape index (κ1) is 19.0. The van der Waals surface area contributed by atoms with Crippen molar-refractivity contribution in [2.75, 3.05) is 6.54 Å². The summed E-state index contributed by atoms with van der Waals surface area (Å²) in [7, 11) is 0. The van der Waals surface area contributed by atoms with Crippen molar-refractivity contribution in [1.29, 1.82) is 0 Å². The summed E-state index contributed by atoms with van der Waals surface area (Å²) in [6.07, 6.45) is 1.55. The number of rotatable bonds is 5. The van der Waals surface area contributed by atoms with Crippen molar-refractivity contribution in [3.8, 4) is 11.5 Å². The average Bonchev–Trinajstić information content (AvgIpc) is 3.40. The summed E-state index contributed by atoms with van der Waals surface area (Å²) in [5.74, 6) is 0.712. The van der Waals surface area contributed by atoms with Crippen molar-refractivity contribution in [1.82, 2.24) is 15.4 Å². The van der Waals surface area contributed by atoms with Gasteiger partial charge in [0.25, 0.3) is 5.91 Å². The van der Waals surface area contributed by atoms with Gasteiger partial charge in [0.1, 0.15) is 11.7 Å². The Labute approximate surface area is 168 Å². The number of carbonyl (C=O) groups excluding carboxylic acids is 2. The smallest absolute Gasteiger partial charge is 0.255 e. The number of nitrogens with one attached hydrogen (secondary N) is 1. The van der Waals surface area contributed by atoms with E-state index in [0.29, 0.717) is 29.3 Å². The fourth-order valence-corrected chi connectivity index (χ4v) is 3.53. The van der Waals surface area contributed by atoms with Gasteiger partial charge in [-0.15, -0.1) is 0 Å². The van der Waals surface area contributed by atoms with Crippen molar-refractivity contribution in [2.45, 2.75) is 33.4 Å². The van der Waals surface area contributed by atoms with Crippen LogP contribution in [0.25, 0.3) is 11.5 Å². The highest BCUT2D eigenvalue weighted by atomic mass is 16.5. The number of nitrogens with zero attached hydrogens (tertiary/aromatic N) is 2. The van der Waals surface area contributed by atoms with E-state index in [1.165, 1.54) is 0 Å². The van der Waals surface area contributed by atoms with Crippen LogP contribution in [0.5, 0.6) is 0 Å². The highest BCUT2D eigenvalue weighted by Gasteiger charge is 2.42. The molecule has 2 aromatic heterocycles. The summed E-state index contributed by atoms with van der Waals surface area (Å²) < 4.78 is 10.6. The van der Waals surface area contributed by atoms with Gasteiger partial charge in [0.15, 0.2) is 5.76 Å². The predicted molar refractivity (Wildman–Crippen MR) is 106 cm³/mol. The van der Waals surface area contributed by atoms with Gasteiger partial charge in [-0.05, 0) is 29.2 Å². The lowest BCUT2D eigenvalue weighted by atomic mass is 9.95. The molecule has 7 nitrogen and oxygen atoms in total. The lowest BCUT2D eigenvalue weighted by Crippen LogP contribution is -2.42. The first-order valence-electron chi connectivity index (χ1n) is 9.50. The second-order valence-electron chi connectivity index (χ2n) is 8.36. The van der Waals surface area contributed by atoms with Crippen molar-refractivity contribution in [2.24, 2.45) is 5.41 Å². The van der Waals surface area contributed by atoms with Crippen LogP contribution in [-0.2, 0) is 11.3 Å². The molecule has 1 N–H and O–H groups in total. The zero-order chi connectivity index (χ0) is 20.6. The molecule has 0 fully saturated rings. The summed E-state index contributed by atoms with van der Waals surface area (Å²) in [6.45, 7) is 6.81. The number of carbonyl (C=O) groups is 2. The Morgan fingerprint density at radius 1 is 1.17 bits per heavy atom. The van der Waals surface area contributed by atoms with E-state index in [4.69, 9.17) is 8.94 Å². The highest BCUT2D eigenvalue weighted by Crippen LogP contribution is 2.36. The Bertz CT molecular complexity index is 1030. The second-order valence-corrected chi connectivity index (χ2v) is 8.36. The Balaban J connectivity index is 1.52. The number of fused-ring (bicyclic) bond motifs is 1. The monoisotopic (exact) mass is 393 g/mol. The Hall–Kier alpha value is -3.35. The summed E-state index contributed by atoms with van der Waals surface area (Å²) >= 11 is 0. The van der Waals surface area contributed by atoms with E-state index in [1.54, 1.807) is 35.4 Å². The van der Waals surface area contributed by atoms with Gasteiger partial charge in [0.2, 0.25) is 11.7 Å². The lowest BCUT2D eigenvalue weighted by molar-refractivity contribution is -0.126. The molecule has 7 heteroatoms. The third-order valence-electron chi connectivity index (χ3n) is 4.72. The number of aromatic nitrogens is 1. The molecule has 1 unspecified atom stereocenters. The summed E-state index contributed by atoms with van der Waals surface area (Å²) in [5, 5.41) is 6.87. The van der Waals surface area contributed by atoms with Gasteiger partial charge in [0, 0.05) is 18.2 Å². The predicted octanol–water partition coefficient (Wildman–Crippen LogP) is 3.79. The maximum Gasteiger partial charge on any atom is 0.255 e. The van der Waals surface area contributed by atoms with Crippen LogP contribution in [0.3, 0.4) is 0 Å². The fourth-order valence-electron chi connectivity index (χ4n) is 3.53. The molecule has 29 heavy (non-hydrogen) atoms. The fraction of sp³-hybridized carbons (Fsp3) is 0.318. The van der Waals surface area contributed by atoms with E-state index in [0.717, 1.165) is 5.56 Å². The molecule has 0 aliphatic carbocycles. The van der Waals surface area contributed by atoms with Crippen molar-refractivity contribution in [3.05, 3.63) is 65.5 Å². The van der Waals surface area contributed by atoms with Crippen LogP contribution < -0.4 is 5.32 Å². The van der Waals surface area contributed by atoms with E-state index >= 15 is 0 Å². The zero-order valence-corrected chi connectivity index (χ0v) is 16.6. The van der Waals surface area contributed by atoms with Crippen LogP contribution in [0.4, 0.5) is 0 Å². The zero-order valence-electron chi connectivity index (χ0n) is 16.6. The maximum absolute atomic E-state index is 13.1. The van der Waals surface area contributed by atoms with Crippen molar-refractivity contribution < 1.29 is 18.5 Å². The normalized spacial score (nSPS) is 16.2. The second kappa shape index (κ2) is 7.24. The SMILES string of the molecule is CC(C)(C)CN1C(=O)c2ccccc2C1C(=O)NCc1cc(-c2ccco2)on1. The molecule has 1 atom stereocenters. The Kier molecular flexibility index (Phi) is 4.74. The quantitative estimate of drug-likeness (QED) is 0.712. The molecule has 0 spiro atoms. The molecule has 1 aromatic carbocycles. The molecular formula is C22H23N3O4. The molecule has 0 radical (unpaired) electrons. The van der Waals surface area contributed by atoms with Gasteiger partial charge in [-0.25, -0.2) is 0 Å². The van der Waals surface area contributed by atoms with Crippen molar-refractivity contribution in [3.63, 3.8) is 0 Å². The van der Waals surface area contributed by atoms with Crippen LogP contribution in [0.2, 0.25) is 0 Å². The molecule has 3 heterocycles.